The van der Waals surface area contributed by atoms with Gasteiger partial charge in [0.05, 0.1) is 20.8 Å². The maximum absolute atomic E-state index is 11.6. The summed E-state index contributed by atoms with van der Waals surface area (Å²) in [6, 6.07) is 4.43. The number of urea groups is 1. The number of rotatable bonds is 6. The van der Waals surface area contributed by atoms with Crippen molar-refractivity contribution in [3.05, 3.63) is 18.2 Å². The van der Waals surface area contributed by atoms with Crippen molar-refractivity contribution in [2.24, 2.45) is 0 Å². The number of anilines is 1. The molecule has 2 amide bonds. The smallest absolute Gasteiger partial charge is 0.325 e. The minimum Gasteiger partial charge on any atom is -0.497 e. The van der Waals surface area contributed by atoms with Gasteiger partial charge in [-0.05, 0) is 6.92 Å². The summed E-state index contributed by atoms with van der Waals surface area (Å²) < 4.78 is 14.9. The van der Waals surface area contributed by atoms with E-state index < -0.39 is 12.0 Å². The van der Waals surface area contributed by atoms with Crippen LogP contribution in [0.3, 0.4) is 0 Å². The molecule has 0 atom stereocenters. The molecule has 7 nitrogen and oxygen atoms in total. The topological polar surface area (TPSA) is 85.9 Å². The molecule has 7 heteroatoms. The standard InChI is InChI=1S/C13H18N2O5/c1-4-20-12(16)8-14-13(17)15-9-5-10(18-2)7-11(6-9)19-3/h5-7H,4,8H2,1-3H3,(H2,14,15,17). The van der Waals surface area contributed by atoms with Gasteiger partial charge in [-0.3, -0.25) is 4.79 Å². The molecule has 1 aromatic carbocycles. The van der Waals surface area contributed by atoms with Gasteiger partial charge in [0.25, 0.3) is 0 Å². The quantitative estimate of drug-likeness (QED) is 0.770. The van der Waals surface area contributed by atoms with Crippen LogP contribution in [0.1, 0.15) is 6.92 Å². The average Bonchev–Trinajstić information content (AvgIpc) is 2.45. The molecule has 1 aromatic rings. The van der Waals surface area contributed by atoms with E-state index in [0.29, 0.717) is 17.2 Å². The third-order valence-corrected chi connectivity index (χ3v) is 2.31. The molecule has 0 heterocycles. The fourth-order valence-electron chi connectivity index (χ4n) is 1.42. The summed E-state index contributed by atoms with van der Waals surface area (Å²) in [4.78, 5) is 22.7. The van der Waals surface area contributed by atoms with Crippen molar-refractivity contribution in [2.75, 3.05) is 32.7 Å². The highest BCUT2D eigenvalue weighted by Gasteiger charge is 2.08. The predicted octanol–water partition coefficient (Wildman–Crippen LogP) is 1.39. The number of amides is 2. The van der Waals surface area contributed by atoms with Crippen LogP contribution in [0.4, 0.5) is 10.5 Å². The molecule has 0 unspecified atom stereocenters. The van der Waals surface area contributed by atoms with Crippen molar-refractivity contribution in [3.63, 3.8) is 0 Å². The van der Waals surface area contributed by atoms with E-state index in [2.05, 4.69) is 10.6 Å². The van der Waals surface area contributed by atoms with Crippen molar-refractivity contribution in [2.45, 2.75) is 6.92 Å². The van der Waals surface area contributed by atoms with Gasteiger partial charge < -0.3 is 24.8 Å². The molecular formula is C13H18N2O5. The Morgan fingerprint density at radius 2 is 1.70 bits per heavy atom. The highest BCUT2D eigenvalue weighted by atomic mass is 16.5. The number of hydrogen-bond donors (Lipinski definition) is 2. The molecule has 1 rings (SSSR count). The van der Waals surface area contributed by atoms with Crippen LogP contribution in [0.2, 0.25) is 0 Å². The summed E-state index contributed by atoms with van der Waals surface area (Å²) in [5.41, 5.74) is 0.488. The Kier molecular flexibility index (Phi) is 6.15. The molecule has 0 bridgehead atoms. The van der Waals surface area contributed by atoms with Crippen LogP contribution in [0, 0.1) is 0 Å². The van der Waals surface area contributed by atoms with Crippen LogP contribution in [0.15, 0.2) is 18.2 Å². The van der Waals surface area contributed by atoms with Gasteiger partial charge in [-0.2, -0.15) is 0 Å². The fourth-order valence-corrected chi connectivity index (χ4v) is 1.42. The van der Waals surface area contributed by atoms with Gasteiger partial charge >= 0.3 is 12.0 Å². The Bertz CT molecular complexity index is 454. The number of ether oxygens (including phenoxy) is 3. The maximum atomic E-state index is 11.6. The van der Waals surface area contributed by atoms with Gasteiger partial charge in [0, 0.05) is 23.9 Å². The number of carbonyl (C=O) groups excluding carboxylic acids is 2. The molecule has 0 fully saturated rings. The van der Waals surface area contributed by atoms with E-state index in [1.807, 2.05) is 0 Å². The number of benzene rings is 1. The zero-order valence-electron chi connectivity index (χ0n) is 11.7. The Labute approximate surface area is 117 Å². The lowest BCUT2D eigenvalue weighted by atomic mass is 10.3. The molecule has 0 aromatic heterocycles. The molecular weight excluding hydrogens is 264 g/mol. The molecule has 0 aliphatic heterocycles. The molecule has 0 saturated carbocycles. The minimum absolute atomic E-state index is 0.194. The number of esters is 1. The van der Waals surface area contributed by atoms with E-state index in [-0.39, 0.29) is 13.2 Å². The SMILES string of the molecule is CCOC(=O)CNC(=O)Nc1cc(OC)cc(OC)c1. The van der Waals surface area contributed by atoms with Crippen LogP contribution in [-0.2, 0) is 9.53 Å². The largest absolute Gasteiger partial charge is 0.497 e. The fraction of sp³-hybridized carbons (Fsp3) is 0.385. The van der Waals surface area contributed by atoms with Crippen LogP contribution in [-0.4, -0.2) is 39.4 Å². The summed E-state index contributed by atoms with van der Waals surface area (Å²) in [5.74, 6) is 0.598. The molecule has 0 spiro atoms. The second-order valence-corrected chi connectivity index (χ2v) is 3.71. The zero-order chi connectivity index (χ0) is 15.0. The lowest BCUT2D eigenvalue weighted by molar-refractivity contribution is -0.141. The number of carbonyl (C=O) groups is 2. The van der Waals surface area contributed by atoms with E-state index >= 15 is 0 Å². The molecule has 0 aliphatic carbocycles. The van der Waals surface area contributed by atoms with Gasteiger partial charge in [-0.15, -0.1) is 0 Å². The summed E-state index contributed by atoms with van der Waals surface area (Å²) in [6.07, 6.45) is 0. The summed E-state index contributed by atoms with van der Waals surface area (Å²) in [7, 11) is 3.03. The van der Waals surface area contributed by atoms with Crippen molar-refractivity contribution in [1.29, 1.82) is 0 Å². The van der Waals surface area contributed by atoms with Crippen LogP contribution in [0.25, 0.3) is 0 Å². The van der Waals surface area contributed by atoms with Crippen LogP contribution in [0.5, 0.6) is 11.5 Å². The molecule has 110 valence electrons. The number of hydrogen-bond acceptors (Lipinski definition) is 5. The van der Waals surface area contributed by atoms with Gasteiger partial charge in [0.1, 0.15) is 18.0 Å². The Hall–Kier alpha value is -2.44. The first kappa shape index (κ1) is 15.6. The van der Waals surface area contributed by atoms with Crippen LogP contribution >= 0.6 is 0 Å². The van der Waals surface area contributed by atoms with Crippen LogP contribution < -0.4 is 20.1 Å². The van der Waals surface area contributed by atoms with Crippen molar-refractivity contribution in [3.8, 4) is 11.5 Å². The first-order valence-corrected chi connectivity index (χ1v) is 6.02. The minimum atomic E-state index is -0.520. The van der Waals surface area contributed by atoms with E-state index in [1.165, 1.54) is 14.2 Å². The highest BCUT2D eigenvalue weighted by molar-refractivity contribution is 5.91. The summed E-state index contributed by atoms with van der Waals surface area (Å²) in [5, 5.41) is 4.96. The van der Waals surface area contributed by atoms with E-state index in [0.717, 1.165) is 0 Å². The van der Waals surface area contributed by atoms with Crippen molar-refractivity contribution in [1.82, 2.24) is 5.32 Å². The van der Waals surface area contributed by atoms with Gasteiger partial charge in [0.2, 0.25) is 0 Å². The second kappa shape index (κ2) is 7.88. The van der Waals surface area contributed by atoms with Crippen molar-refractivity contribution < 1.29 is 23.8 Å². The van der Waals surface area contributed by atoms with Crippen molar-refractivity contribution >= 4 is 17.7 Å². The Morgan fingerprint density at radius 1 is 1.10 bits per heavy atom. The molecule has 2 N–H and O–H groups in total. The first-order chi connectivity index (χ1) is 9.58. The average molecular weight is 282 g/mol. The number of nitrogens with one attached hydrogen (secondary N) is 2. The number of methoxy groups -OCH3 is 2. The molecule has 0 saturated heterocycles. The molecule has 20 heavy (non-hydrogen) atoms. The Morgan fingerprint density at radius 3 is 2.20 bits per heavy atom. The maximum Gasteiger partial charge on any atom is 0.325 e. The normalized spacial score (nSPS) is 9.55. The summed E-state index contributed by atoms with van der Waals surface area (Å²) >= 11 is 0. The predicted molar refractivity (Wildman–Crippen MR) is 73.2 cm³/mol. The van der Waals surface area contributed by atoms with Gasteiger partial charge in [0.15, 0.2) is 0 Å². The Balaban J connectivity index is 2.59. The third-order valence-electron chi connectivity index (χ3n) is 2.31. The van der Waals surface area contributed by atoms with Gasteiger partial charge in [-0.1, -0.05) is 0 Å². The van der Waals surface area contributed by atoms with E-state index in [9.17, 15) is 9.59 Å². The highest BCUT2D eigenvalue weighted by Crippen LogP contribution is 2.25. The van der Waals surface area contributed by atoms with E-state index in [1.54, 1.807) is 25.1 Å². The lowest BCUT2D eigenvalue weighted by Crippen LogP contribution is -2.34. The second-order valence-electron chi connectivity index (χ2n) is 3.71. The first-order valence-electron chi connectivity index (χ1n) is 6.02. The summed E-state index contributed by atoms with van der Waals surface area (Å²) in [6.45, 7) is 1.77. The molecule has 0 radical (unpaired) electrons. The lowest BCUT2D eigenvalue weighted by Gasteiger charge is -2.10. The van der Waals surface area contributed by atoms with Gasteiger partial charge in [-0.25, -0.2) is 4.79 Å². The monoisotopic (exact) mass is 282 g/mol. The zero-order valence-corrected chi connectivity index (χ0v) is 11.7. The van der Waals surface area contributed by atoms with E-state index in [4.69, 9.17) is 14.2 Å². The molecule has 0 aliphatic rings. The third kappa shape index (κ3) is 5.05.